The monoisotopic (exact) mass is 389 g/mol. The standard InChI is InChI=1S/C24H27N3O2/c1-25-12-14-29-24-20(17-28)16-19(22-5-2-3-6-23(22)24)15-18-7-9-21(10-8-18)27-13-4-11-26-27/h4,7-11,13,16-17,25H,2-3,5-6,12,14-15H2,1H3. The van der Waals surface area contributed by atoms with E-state index in [1.54, 1.807) is 6.20 Å². The number of ether oxygens (including phenoxy) is 1. The molecule has 1 N–H and O–H groups in total. The van der Waals surface area contributed by atoms with Gasteiger partial charge in [0.15, 0.2) is 6.29 Å². The van der Waals surface area contributed by atoms with Crippen LogP contribution in [-0.2, 0) is 19.3 Å². The van der Waals surface area contributed by atoms with Crippen molar-refractivity contribution in [3.05, 3.63) is 76.6 Å². The highest BCUT2D eigenvalue weighted by Crippen LogP contribution is 2.36. The van der Waals surface area contributed by atoms with Gasteiger partial charge in [-0.15, -0.1) is 0 Å². The highest BCUT2D eigenvalue weighted by Gasteiger charge is 2.21. The van der Waals surface area contributed by atoms with Crippen molar-refractivity contribution in [3.63, 3.8) is 0 Å². The maximum Gasteiger partial charge on any atom is 0.153 e. The van der Waals surface area contributed by atoms with Crippen LogP contribution in [0.1, 0.15) is 45.5 Å². The first-order chi connectivity index (χ1) is 14.3. The van der Waals surface area contributed by atoms with Crippen molar-refractivity contribution < 1.29 is 9.53 Å². The summed E-state index contributed by atoms with van der Waals surface area (Å²) in [6, 6.07) is 12.4. The largest absolute Gasteiger partial charge is 0.491 e. The number of carbonyl (C=O) groups is 1. The molecule has 3 aromatic rings. The minimum atomic E-state index is 0.567. The van der Waals surface area contributed by atoms with Crippen molar-refractivity contribution in [2.75, 3.05) is 20.2 Å². The Morgan fingerprint density at radius 1 is 1.17 bits per heavy atom. The first kappa shape index (κ1) is 19.4. The molecule has 0 saturated carbocycles. The third-order valence-electron chi connectivity index (χ3n) is 5.55. The third-order valence-corrected chi connectivity index (χ3v) is 5.55. The van der Waals surface area contributed by atoms with Gasteiger partial charge < -0.3 is 10.1 Å². The molecule has 1 aliphatic carbocycles. The van der Waals surface area contributed by atoms with Crippen LogP contribution >= 0.6 is 0 Å². The molecular formula is C24H27N3O2. The van der Waals surface area contributed by atoms with Gasteiger partial charge in [0.05, 0.1) is 11.3 Å². The predicted molar refractivity (Wildman–Crippen MR) is 114 cm³/mol. The molecule has 2 aromatic carbocycles. The molecule has 0 aliphatic heterocycles. The number of nitrogens with zero attached hydrogens (tertiary/aromatic N) is 2. The Labute approximate surface area is 171 Å². The summed E-state index contributed by atoms with van der Waals surface area (Å²) >= 11 is 0. The molecule has 0 fully saturated rings. The summed E-state index contributed by atoms with van der Waals surface area (Å²) in [5.74, 6) is 0.794. The first-order valence-corrected chi connectivity index (χ1v) is 10.3. The molecule has 29 heavy (non-hydrogen) atoms. The van der Waals surface area contributed by atoms with E-state index in [0.717, 1.165) is 50.0 Å². The lowest BCUT2D eigenvalue weighted by atomic mass is 9.84. The highest BCUT2D eigenvalue weighted by atomic mass is 16.5. The lowest BCUT2D eigenvalue weighted by molar-refractivity contribution is 0.111. The van der Waals surface area contributed by atoms with Gasteiger partial charge in [-0.05, 0) is 85.7 Å². The van der Waals surface area contributed by atoms with Gasteiger partial charge in [-0.2, -0.15) is 5.10 Å². The van der Waals surface area contributed by atoms with E-state index in [0.29, 0.717) is 12.2 Å². The van der Waals surface area contributed by atoms with Crippen LogP contribution in [-0.4, -0.2) is 36.3 Å². The molecule has 1 aromatic heterocycles. The summed E-state index contributed by atoms with van der Waals surface area (Å²) in [6.07, 6.45) is 9.85. The molecule has 0 amide bonds. The number of benzene rings is 2. The van der Waals surface area contributed by atoms with E-state index in [-0.39, 0.29) is 0 Å². The highest BCUT2D eigenvalue weighted by molar-refractivity contribution is 5.81. The van der Waals surface area contributed by atoms with E-state index in [4.69, 9.17) is 4.74 Å². The van der Waals surface area contributed by atoms with Crippen LogP contribution in [0.4, 0.5) is 0 Å². The molecule has 0 radical (unpaired) electrons. The Morgan fingerprint density at radius 3 is 2.66 bits per heavy atom. The van der Waals surface area contributed by atoms with Gasteiger partial charge in [-0.3, -0.25) is 4.79 Å². The van der Waals surface area contributed by atoms with E-state index >= 15 is 0 Å². The van der Waals surface area contributed by atoms with Crippen LogP contribution < -0.4 is 10.1 Å². The van der Waals surface area contributed by atoms with Crippen LogP contribution in [0.25, 0.3) is 5.69 Å². The number of aromatic nitrogens is 2. The normalized spacial score (nSPS) is 13.1. The SMILES string of the molecule is CNCCOc1c(C=O)cc(Cc2ccc(-n3cccn3)cc2)c2c1CCCC2. The van der Waals surface area contributed by atoms with Gasteiger partial charge in [0.25, 0.3) is 0 Å². The number of carbonyl (C=O) groups excluding carboxylic acids is 1. The van der Waals surface area contributed by atoms with Crippen molar-refractivity contribution in [3.8, 4) is 11.4 Å². The van der Waals surface area contributed by atoms with Crippen LogP contribution in [0.5, 0.6) is 5.75 Å². The second-order valence-corrected chi connectivity index (χ2v) is 7.48. The van der Waals surface area contributed by atoms with E-state index in [2.05, 4.69) is 34.7 Å². The average molecular weight is 389 g/mol. The van der Waals surface area contributed by atoms with Crippen LogP contribution in [0.15, 0.2) is 48.8 Å². The van der Waals surface area contributed by atoms with E-state index < -0.39 is 0 Å². The zero-order chi connectivity index (χ0) is 20.1. The minimum Gasteiger partial charge on any atom is -0.491 e. The number of hydrogen-bond acceptors (Lipinski definition) is 4. The summed E-state index contributed by atoms with van der Waals surface area (Å²) in [6.45, 7) is 1.33. The summed E-state index contributed by atoms with van der Waals surface area (Å²) in [5, 5.41) is 7.37. The molecule has 0 spiro atoms. The number of rotatable bonds is 8. The van der Waals surface area contributed by atoms with Crippen molar-refractivity contribution in [1.29, 1.82) is 0 Å². The van der Waals surface area contributed by atoms with E-state index in [1.807, 2.05) is 30.1 Å². The number of fused-ring (bicyclic) bond motifs is 1. The fraction of sp³-hybridized carbons (Fsp3) is 0.333. The van der Waals surface area contributed by atoms with Crippen LogP contribution in [0.3, 0.4) is 0 Å². The molecule has 0 saturated heterocycles. The number of hydrogen-bond donors (Lipinski definition) is 1. The molecule has 0 unspecified atom stereocenters. The van der Waals surface area contributed by atoms with Crippen LogP contribution in [0, 0.1) is 0 Å². The number of aldehydes is 1. The fourth-order valence-corrected chi connectivity index (χ4v) is 4.10. The molecule has 5 nitrogen and oxygen atoms in total. The maximum atomic E-state index is 11.8. The van der Waals surface area contributed by atoms with Gasteiger partial charge >= 0.3 is 0 Å². The Hall–Kier alpha value is -2.92. The summed E-state index contributed by atoms with van der Waals surface area (Å²) < 4.78 is 7.88. The lowest BCUT2D eigenvalue weighted by Crippen LogP contribution is -2.18. The quantitative estimate of drug-likeness (QED) is 0.471. The maximum absolute atomic E-state index is 11.8. The minimum absolute atomic E-state index is 0.567. The van der Waals surface area contributed by atoms with Gasteiger partial charge in [0, 0.05) is 18.9 Å². The van der Waals surface area contributed by atoms with Gasteiger partial charge in [0.1, 0.15) is 12.4 Å². The molecular weight excluding hydrogens is 362 g/mol. The summed E-state index contributed by atoms with van der Waals surface area (Å²) in [7, 11) is 1.90. The zero-order valence-corrected chi connectivity index (χ0v) is 16.9. The topological polar surface area (TPSA) is 56.1 Å². The van der Waals surface area contributed by atoms with E-state index in [1.165, 1.54) is 28.7 Å². The number of nitrogens with one attached hydrogen (secondary N) is 1. The van der Waals surface area contributed by atoms with Gasteiger partial charge in [-0.25, -0.2) is 4.68 Å². The second-order valence-electron chi connectivity index (χ2n) is 7.48. The molecule has 4 rings (SSSR count). The predicted octanol–water partition coefficient (Wildman–Crippen LogP) is 3.75. The molecule has 0 bridgehead atoms. The van der Waals surface area contributed by atoms with Gasteiger partial charge in [-0.1, -0.05) is 12.1 Å². The van der Waals surface area contributed by atoms with Crippen molar-refractivity contribution in [1.82, 2.24) is 15.1 Å². The van der Waals surface area contributed by atoms with Crippen molar-refractivity contribution in [2.24, 2.45) is 0 Å². The van der Waals surface area contributed by atoms with Crippen LogP contribution in [0.2, 0.25) is 0 Å². The Kier molecular flexibility index (Phi) is 6.06. The molecule has 5 heteroatoms. The van der Waals surface area contributed by atoms with E-state index in [9.17, 15) is 4.79 Å². The zero-order valence-electron chi connectivity index (χ0n) is 16.9. The average Bonchev–Trinajstić information content (AvgIpc) is 3.30. The lowest BCUT2D eigenvalue weighted by Gasteiger charge is -2.24. The smallest absolute Gasteiger partial charge is 0.153 e. The Balaban J connectivity index is 1.64. The second kappa shape index (κ2) is 9.05. The van der Waals surface area contributed by atoms with Crippen molar-refractivity contribution >= 4 is 6.29 Å². The first-order valence-electron chi connectivity index (χ1n) is 10.3. The number of likely N-dealkylation sites (N-methyl/N-ethyl adjacent to an activating group) is 1. The third kappa shape index (κ3) is 4.25. The Bertz CT molecular complexity index is 963. The molecule has 1 heterocycles. The molecule has 150 valence electrons. The summed E-state index contributed by atoms with van der Waals surface area (Å²) in [5.41, 5.74) is 6.80. The van der Waals surface area contributed by atoms with Gasteiger partial charge in [0.2, 0.25) is 0 Å². The molecule has 1 aliphatic rings. The Morgan fingerprint density at radius 2 is 1.97 bits per heavy atom. The summed E-state index contributed by atoms with van der Waals surface area (Å²) in [4.78, 5) is 11.8. The fourth-order valence-electron chi connectivity index (χ4n) is 4.10. The van der Waals surface area contributed by atoms with Crippen molar-refractivity contribution in [2.45, 2.75) is 32.1 Å². The molecule has 0 atom stereocenters.